The summed E-state index contributed by atoms with van der Waals surface area (Å²) in [5.41, 5.74) is 0. The molecule has 5 heteroatoms. The summed E-state index contributed by atoms with van der Waals surface area (Å²) in [6, 6.07) is 0. The molecule has 1 aromatic heterocycles. The van der Waals surface area contributed by atoms with Crippen molar-refractivity contribution in [3.05, 3.63) is 11.6 Å². The Hall–Kier alpha value is -1.39. The van der Waals surface area contributed by atoms with Crippen molar-refractivity contribution in [3.63, 3.8) is 0 Å². The zero-order chi connectivity index (χ0) is 12.5. The largest absolute Gasteiger partial charge is 0.481 e. The van der Waals surface area contributed by atoms with Crippen LogP contribution in [-0.2, 0) is 17.8 Å². The van der Waals surface area contributed by atoms with Gasteiger partial charge < -0.3 is 9.67 Å². The summed E-state index contributed by atoms with van der Waals surface area (Å²) in [6.45, 7) is 0.959. The standard InChI is InChI=1S/C13H19N3O2/c17-13(18)10-6-2-1-5-9(10)12-15-14-11-7-3-4-8-16(11)12/h9-10H,1-8H2,(H,17,18). The molecule has 0 amide bonds. The van der Waals surface area contributed by atoms with E-state index in [-0.39, 0.29) is 11.8 Å². The fourth-order valence-electron chi connectivity index (χ4n) is 3.34. The monoisotopic (exact) mass is 249 g/mol. The summed E-state index contributed by atoms with van der Waals surface area (Å²) >= 11 is 0. The molecule has 3 rings (SSSR count). The fourth-order valence-corrected chi connectivity index (χ4v) is 3.34. The van der Waals surface area contributed by atoms with Gasteiger partial charge in [-0.2, -0.15) is 0 Å². The van der Waals surface area contributed by atoms with Crippen molar-refractivity contribution in [1.29, 1.82) is 0 Å². The molecule has 0 radical (unpaired) electrons. The highest BCUT2D eigenvalue weighted by Crippen LogP contribution is 2.38. The molecule has 0 aromatic carbocycles. The lowest BCUT2D eigenvalue weighted by Gasteiger charge is -2.28. The average Bonchev–Trinajstić information content (AvgIpc) is 2.82. The SMILES string of the molecule is O=C(O)C1CCCCC1c1nnc2n1CCCC2. The van der Waals surface area contributed by atoms with Crippen LogP contribution in [0.25, 0.3) is 0 Å². The van der Waals surface area contributed by atoms with Crippen LogP contribution in [0.1, 0.15) is 56.1 Å². The van der Waals surface area contributed by atoms with Crippen molar-refractivity contribution in [1.82, 2.24) is 14.8 Å². The first-order valence-electron chi connectivity index (χ1n) is 6.92. The van der Waals surface area contributed by atoms with Gasteiger partial charge in [-0.25, -0.2) is 0 Å². The number of carboxylic acids is 1. The molecule has 5 nitrogen and oxygen atoms in total. The molecule has 2 heterocycles. The summed E-state index contributed by atoms with van der Waals surface area (Å²) in [7, 11) is 0. The van der Waals surface area contributed by atoms with Crippen LogP contribution in [0.4, 0.5) is 0 Å². The van der Waals surface area contributed by atoms with Gasteiger partial charge in [0.15, 0.2) is 0 Å². The Morgan fingerprint density at radius 3 is 2.83 bits per heavy atom. The summed E-state index contributed by atoms with van der Waals surface area (Å²) in [4.78, 5) is 11.4. The first-order valence-corrected chi connectivity index (χ1v) is 6.92. The number of fused-ring (bicyclic) bond motifs is 1. The predicted molar refractivity (Wildman–Crippen MR) is 65.3 cm³/mol. The summed E-state index contributed by atoms with van der Waals surface area (Å²) < 4.78 is 2.18. The zero-order valence-electron chi connectivity index (χ0n) is 10.5. The minimum Gasteiger partial charge on any atom is -0.481 e. The van der Waals surface area contributed by atoms with Gasteiger partial charge in [0, 0.05) is 18.9 Å². The summed E-state index contributed by atoms with van der Waals surface area (Å²) in [6.07, 6.45) is 7.16. The van der Waals surface area contributed by atoms with Crippen LogP contribution in [-0.4, -0.2) is 25.8 Å². The van der Waals surface area contributed by atoms with Gasteiger partial charge in [-0.1, -0.05) is 12.8 Å². The van der Waals surface area contributed by atoms with E-state index in [1.54, 1.807) is 0 Å². The topological polar surface area (TPSA) is 68.0 Å². The van der Waals surface area contributed by atoms with E-state index in [0.717, 1.165) is 56.7 Å². The van der Waals surface area contributed by atoms with Crippen LogP contribution in [0, 0.1) is 5.92 Å². The molecule has 0 bridgehead atoms. The van der Waals surface area contributed by atoms with Gasteiger partial charge in [-0.3, -0.25) is 4.79 Å². The number of carbonyl (C=O) groups is 1. The Morgan fingerprint density at radius 2 is 2.00 bits per heavy atom. The van der Waals surface area contributed by atoms with Crippen LogP contribution >= 0.6 is 0 Å². The Balaban J connectivity index is 1.92. The Morgan fingerprint density at radius 1 is 1.17 bits per heavy atom. The smallest absolute Gasteiger partial charge is 0.307 e. The van der Waals surface area contributed by atoms with Gasteiger partial charge >= 0.3 is 5.97 Å². The highest BCUT2D eigenvalue weighted by Gasteiger charge is 2.35. The van der Waals surface area contributed by atoms with Crippen molar-refractivity contribution in [2.75, 3.05) is 0 Å². The molecule has 18 heavy (non-hydrogen) atoms. The third kappa shape index (κ3) is 1.91. The van der Waals surface area contributed by atoms with Crippen LogP contribution < -0.4 is 0 Å². The maximum atomic E-state index is 11.4. The Labute approximate surface area is 106 Å². The second-order valence-corrected chi connectivity index (χ2v) is 5.42. The first-order chi connectivity index (χ1) is 8.77. The van der Waals surface area contributed by atoms with E-state index in [1.165, 1.54) is 6.42 Å². The molecule has 98 valence electrons. The second kappa shape index (κ2) is 4.71. The van der Waals surface area contributed by atoms with E-state index in [9.17, 15) is 9.90 Å². The maximum absolute atomic E-state index is 11.4. The van der Waals surface area contributed by atoms with Crippen molar-refractivity contribution in [2.45, 2.75) is 57.4 Å². The van der Waals surface area contributed by atoms with Crippen LogP contribution in [0.3, 0.4) is 0 Å². The van der Waals surface area contributed by atoms with E-state index >= 15 is 0 Å². The van der Waals surface area contributed by atoms with Crippen molar-refractivity contribution >= 4 is 5.97 Å². The third-order valence-corrected chi connectivity index (χ3v) is 4.30. The predicted octanol–water partition coefficient (Wildman–Crippen LogP) is 1.97. The molecule has 1 saturated carbocycles. The van der Waals surface area contributed by atoms with Gasteiger partial charge in [0.1, 0.15) is 11.6 Å². The van der Waals surface area contributed by atoms with Gasteiger partial charge in [-0.15, -0.1) is 10.2 Å². The Kier molecular flexibility index (Phi) is 3.06. The van der Waals surface area contributed by atoms with Gasteiger partial charge in [-0.05, 0) is 25.7 Å². The number of rotatable bonds is 2. The molecule has 1 aliphatic carbocycles. The zero-order valence-corrected chi connectivity index (χ0v) is 10.5. The van der Waals surface area contributed by atoms with Crippen molar-refractivity contribution in [2.24, 2.45) is 5.92 Å². The highest BCUT2D eigenvalue weighted by molar-refractivity contribution is 5.71. The van der Waals surface area contributed by atoms with E-state index in [0.29, 0.717) is 0 Å². The molecule has 2 aliphatic rings. The van der Waals surface area contributed by atoms with Gasteiger partial charge in [0.25, 0.3) is 0 Å². The molecule has 1 aromatic rings. The van der Waals surface area contributed by atoms with Gasteiger partial charge in [0.05, 0.1) is 5.92 Å². The minimum absolute atomic E-state index is 0.0654. The molecule has 2 unspecified atom stereocenters. The number of aryl methyl sites for hydroxylation is 1. The highest BCUT2D eigenvalue weighted by atomic mass is 16.4. The molecule has 0 saturated heterocycles. The van der Waals surface area contributed by atoms with Crippen LogP contribution in [0.15, 0.2) is 0 Å². The van der Waals surface area contributed by atoms with Crippen LogP contribution in [0.2, 0.25) is 0 Å². The van der Waals surface area contributed by atoms with E-state index < -0.39 is 5.97 Å². The van der Waals surface area contributed by atoms with Crippen LogP contribution in [0.5, 0.6) is 0 Å². The molecule has 1 fully saturated rings. The lowest BCUT2D eigenvalue weighted by Crippen LogP contribution is -2.28. The van der Waals surface area contributed by atoms with E-state index in [4.69, 9.17) is 0 Å². The number of hydrogen-bond acceptors (Lipinski definition) is 3. The van der Waals surface area contributed by atoms with Crippen molar-refractivity contribution in [3.8, 4) is 0 Å². The molecule has 0 spiro atoms. The average molecular weight is 249 g/mol. The molecule has 2 atom stereocenters. The number of hydrogen-bond donors (Lipinski definition) is 1. The second-order valence-electron chi connectivity index (χ2n) is 5.42. The maximum Gasteiger partial charge on any atom is 0.307 e. The minimum atomic E-state index is -0.673. The summed E-state index contributed by atoms with van der Waals surface area (Å²) in [5.74, 6) is 1.10. The normalized spacial score (nSPS) is 27.8. The van der Waals surface area contributed by atoms with Gasteiger partial charge in [0.2, 0.25) is 0 Å². The number of aromatic nitrogens is 3. The lowest BCUT2D eigenvalue weighted by atomic mass is 9.78. The summed E-state index contributed by atoms with van der Waals surface area (Å²) in [5, 5.41) is 17.9. The molecule has 1 aliphatic heterocycles. The number of carboxylic acid groups (broad SMARTS) is 1. The van der Waals surface area contributed by atoms with Crippen molar-refractivity contribution < 1.29 is 9.90 Å². The number of aliphatic carboxylic acids is 1. The Bertz CT molecular complexity index is 455. The number of nitrogens with zero attached hydrogens (tertiary/aromatic N) is 3. The van der Waals surface area contributed by atoms with E-state index in [2.05, 4.69) is 14.8 Å². The first kappa shape index (κ1) is 11.7. The molecular formula is C13H19N3O2. The quantitative estimate of drug-likeness (QED) is 0.870. The molecular weight excluding hydrogens is 230 g/mol. The fraction of sp³-hybridized carbons (Fsp3) is 0.769. The lowest BCUT2D eigenvalue weighted by molar-refractivity contribution is -0.143. The molecule has 1 N–H and O–H groups in total. The third-order valence-electron chi connectivity index (χ3n) is 4.30. The van der Waals surface area contributed by atoms with E-state index in [1.807, 2.05) is 0 Å².